The predicted molar refractivity (Wildman–Crippen MR) is 131 cm³/mol. The van der Waals surface area contributed by atoms with E-state index in [0.29, 0.717) is 5.56 Å². The van der Waals surface area contributed by atoms with E-state index in [1.807, 2.05) is 0 Å². The molecule has 1 aliphatic heterocycles. The third-order valence-electron chi connectivity index (χ3n) is 6.53. The number of carbonyl (C=O) groups is 6. The van der Waals surface area contributed by atoms with Crippen molar-refractivity contribution in [2.24, 2.45) is 5.73 Å². The Morgan fingerprint density at radius 1 is 0.892 bits per heavy atom. The molecule has 37 heavy (non-hydrogen) atoms. The van der Waals surface area contributed by atoms with Crippen LogP contribution in [-0.2, 0) is 15.1 Å². The molecule has 1 aliphatic carbocycles. The molecular weight excluding hydrogens is 476 g/mol. The Morgan fingerprint density at radius 3 is 2.24 bits per heavy atom. The SMILES string of the molecule is CC1(c2cccc(C(N)=O)c2)NC(=O)N(CC(=O)Nc2cccc3c2C(=O)c2ccccc2C3=O)C1=O. The van der Waals surface area contributed by atoms with Crippen LogP contribution in [0, 0.1) is 0 Å². The van der Waals surface area contributed by atoms with Gasteiger partial charge < -0.3 is 16.4 Å². The van der Waals surface area contributed by atoms with E-state index in [9.17, 15) is 28.8 Å². The smallest absolute Gasteiger partial charge is 0.325 e. The summed E-state index contributed by atoms with van der Waals surface area (Å²) in [5, 5.41) is 5.13. The maximum absolute atomic E-state index is 13.2. The minimum absolute atomic E-state index is 0.0462. The third-order valence-corrected chi connectivity index (χ3v) is 6.53. The van der Waals surface area contributed by atoms with Gasteiger partial charge in [0.15, 0.2) is 11.6 Å². The van der Waals surface area contributed by atoms with E-state index >= 15 is 0 Å². The average Bonchev–Trinajstić information content (AvgIpc) is 3.11. The molecule has 1 fully saturated rings. The van der Waals surface area contributed by atoms with Crippen LogP contribution in [0.4, 0.5) is 10.5 Å². The summed E-state index contributed by atoms with van der Waals surface area (Å²) in [7, 11) is 0. The zero-order valence-electron chi connectivity index (χ0n) is 19.5. The van der Waals surface area contributed by atoms with Crippen molar-refractivity contribution in [3.8, 4) is 0 Å². The summed E-state index contributed by atoms with van der Waals surface area (Å²) in [5.74, 6) is -2.90. The van der Waals surface area contributed by atoms with Gasteiger partial charge in [0.1, 0.15) is 12.1 Å². The Morgan fingerprint density at radius 2 is 1.54 bits per heavy atom. The average molecular weight is 496 g/mol. The molecule has 10 nitrogen and oxygen atoms in total. The molecule has 0 saturated carbocycles. The fraction of sp³-hybridized carbons (Fsp3) is 0.111. The van der Waals surface area contributed by atoms with Crippen molar-refractivity contribution in [2.75, 3.05) is 11.9 Å². The van der Waals surface area contributed by atoms with Crippen molar-refractivity contribution in [3.63, 3.8) is 0 Å². The lowest BCUT2D eigenvalue weighted by atomic mass is 9.83. The zero-order valence-corrected chi connectivity index (χ0v) is 19.5. The summed E-state index contributed by atoms with van der Waals surface area (Å²) in [6.07, 6.45) is 0. The number of ketones is 2. The number of anilines is 1. The molecule has 5 rings (SSSR count). The number of benzene rings is 3. The van der Waals surface area contributed by atoms with Crippen LogP contribution < -0.4 is 16.4 Å². The van der Waals surface area contributed by atoms with Crippen LogP contribution in [0.1, 0.15) is 54.7 Å². The van der Waals surface area contributed by atoms with Crippen molar-refractivity contribution in [1.29, 1.82) is 0 Å². The minimum atomic E-state index is -1.53. The molecule has 0 spiro atoms. The zero-order chi connectivity index (χ0) is 26.5. The summed E-state index contributed by atoms with van der Waals surface area (Å²) in [6, 6.07) is 16.1. The first kappa shape index (κ1) is 23.6. The molecule has 0 bridgehead atoms. The van der Waals surface area contributed by atoms with E-state index in [1.54, 1.807) is 30.3 Å². The number of urea groups is 1. The predicted octanol–water partition coefficient (Wildman–Crippen LogP) is 1.97. The molecule has 0 radical (unpaired) electrons. The topological polar surface area (TPSA) is 156 Å². The van der Waals surface area contributed by atoms with Crippen LogP contribution in [0.25, 0.3) is 0 Å². The van der Waals surface area contributed by atoms with Gasteiger partial charge in [-0.15, -0.1) is 0 Å². The molecule has 1 unspecified atom stereocenters. The molecule has 0 aromatic heterocycles. The number of amides is 5. The molecular formula is C27H20N4O6. The highest BCUT2D eigenvalue weighted by molar-refractivity contribution is 6.30. The van der Waals surface area contributed by atoms with Crippen molar-refractivity contribution >= 4 is 41.0 Å². The first-order chi connectivity index (χ1) is 17.6. The Labute approximate surface area is 210 Å². The second kappa shape index (κ2) is 8.52. The van der Waals surface area contributed by atoms with E-state index in [-0.39, 0.29) is 39.3 Å². The van der Waals surface area contributed by atoms with E-state index in [2.05, 4.69) is 10.6 Å². The number of nitrogens with one attached hydrogen (secondary N) is 2. The van der Waals surface area contributed by atoms with Crippen LogP contribution in [0.3, 0.4) is 0 Å². The monoisotopic (exact) mass is 496 g/mol. The Balaban J connectivity index is 1.39. The standard InChI is InChI=1S/C27H20N4O6/c1-27(15-7-4-6-14(12-15)24(28)35)25(36)31(26(37)30-27)13-20(32)29-19-11-5-10-18-21(19)23(34)17-9-3-2-8-16(17)22(18)33/h2-12H,13H2,1H3,(H2,28,35)(H,29,32)(H,30,37). The number of rotatable bonds is 5. The fourth-order valence-corrected chi connectivity index (χ4v) is 4.60. The number of hydrogen-bond acceptors (Lipinski definition) is 6. The molecule has 2 aliphatic rings. The number of nitrogens with zero attached hydrogens (tertiary/aromatic N) is 1. The lowest BCUT2D eigenvalue weighted by molar-refractivity contribution is -0.133. The van der Waals surface area contributed by atoms with Crippen molar-refractivity contribution in [3.05, 3.63) is 100 Å². The van der Waals surface area contributed by atoms with Gasteiger partial charge in [-0.1, -0.05) is 48.5 Å². The van der Waals surface area contributed by atoms with Gasteiger partial charge in [0.25, 0.3) is 5.91 Å². The first-order valence-corrected chi connectivity index (χ1v) is 11.3. The van der Waals surface area contributed by atoms with Gasteiger partial charge in [-0.3, -0.25) is 28.9 Å². The van der Waals surface area contributed by atoms with Crippen molar-refractivity contribution in [2.45, 2.75) is 12.5 Å². The van der Waals surface area contributed by atoms with Gasteiger partial charge in [-0.25, -0.2) is 4.79 Å². The molecule has 3 aromatic carbocycles. The summed E-state index contributed by atoms with van der Waals surface area (Å²) in [5.41, 5.74) is 5.08. The van der Waals surface area contributed by atoms with E-state index in [4.69, 9.17) is 5.73 Å². The highest BCUT2D eigenvalue weighted by Crippen LogP contribution is 2.33. The maximum atomic E-state index is 13.2. The van der Waals surface area contributed by atoms with Gasteiger partial charge in [0.05, 0.1) is 11.3 Å². The van der Waals surface area contributed by atoms with Gasteiger partial charge in [-0.2, -0.15) is 0 Å². The van der Waals surface area contributed by atoms with Crippen LogP contribution >= 0.6 is 0 Å². The van der Waals surface area contributed by atoms with E-state index in [1.165, 1.54) is 43.3 Å². The van der Waals surface area contributed by atoms with E-state index < -0.39 is 41.6 Å². The summed E-state index contributed by atoms with van der Waals surface area (Å²) in [4.78, 5) is 77.2. The summed E-state index contributed by atoms with van der Waals surface area (Å²) >= 11 is 0. The van der Waals surface area contributed by atoms with Gasteiger partial charge in [0.2, 0.25) is 11.8 Å². The quantitative estimate of drug-likeness (QED) is 0.359. The molecule has 4 N–H and O–H groups in total. The van der Waals surface area contributed by atoms with Crippen molar-refractivity contribution < 1.29 is 28.8 Å². The summed E-state index contributed by atoms with van der Waals surface area (Å²) in [6.45, 7) is 0.818. The molecule has 1 heterocycles. The molecule has 5 amide bonds. The Bertz CT molecular complexity index is 1560. The van der Waals surface area contributed by atoms with Crippen molar-refractivity contribution in [1.82, 2.24) is 10.2 Å². The number of hydrogen-bond donors (Lipinski definition) is 3. The number of nitrogens with two attached hydrogens (primary N) is 1. The lowest BCUT2D eigenvalue weighted by Crippen LogP contribution is -2.42. The second-order valence-electron chi connectivity index (χ2n) is 8.87. The van der Waals surface area contributed by atoms with Crippen LogP contribution in [0.5, 0.6) is 0 Å². The van der Waals surface area contributed by atoms with Gasteiger partial charge in [0, 0.05) is 22.3 Å². The van der Waals surface area contributed by atoms with Gasteiger partial charge >= 0.3 is 6.03 Å². The third kappa shape index (κ3) is 3.75. The first-order valence-electron chi connectivity index (χ1n) is 11.3. The number of fused-ring (bicyclic) bond motifs is 2. The molecule has 184 valence electrons. The molecule has 3 aromatic rings. The van der Waals surface area contributed by atoms with E-state index in [0.717, 1.165) is 4.90 Å². The Hall–Kier alpha value is -5.12. The molecule has 10 heteroatoms. The number of imide groups is 1. The van der Waals surface area contributed by atoms with Crippen LogP contribution in [0.2, 0.25) is 0 Å². The summed E-state index contributed by atoms with van der Waals surface area (Å²) < 4.78 is 0. The number of carbonyl (C=O) groups excluding carboxylic acids is 6. The van der Waals surface area contributed by atoms with Gasteiger partial charge in [-0.05, 0) is 30.7 Å². The largest absolute Gasteiger partial charge is 0.366 e. The Kier molecular flexibility index (Phi) is 5.44. The highest BCUT2D eigenvalue weighted by Gasteiger charge is 2.49. The van der Waals surface area contributed by atoms with Crippen LogP contribution in [0.15, 0.2) is 66.7 Å². The number of primary amides is 1. The fourth-order valence-electron chi connectivity index (χ4n) is 4.60. The maximum Gasteiger partial charge on any atom is 0.325 e. The van der Waals surface area contributed by atoms with Crippen LogP contribution in [-0.4, -0.2) is 46.8 Å². The molecule has 1 atom stereocenters. The lowest BCUT2D eigenvalue weighted by Gasteiger charge is -2.23. The minimum Gasteiger partial charge on any atom is -0.366 e. The normalized spacial score (nSPS) is 18.2. The second-order valence-corrected chi connectivity index (χ2v) is 8.87. The highest BCUT2D eigenvalue weighted by atomic mass is 16.2. The molecule has 1 saturated heterocycles.